The second kappa shape index (κ2) is 6.48. The highest BCUT2D eigenvalue weighted by atomic mass is 16.2. The molecule has 0 aromatic rings. The molecule has 92 valence electrons. The van der Waals surface area contributed by atoms with Crippen LogP contribution in [-0.2, 0) is 9.59 Å². The van der Waals surface area contributed by atoms with Gasteiger partial charge in [0.1, 0.15) is 6.04 Å². The van der Waals surface area contributed by atoms with E-state index in [1.165, 1.54) is 0 Å². The zero-order valence-electron chi connectivity index (χ0n) is 10.1. The SMILES string of the molecule is CCCCC(=O)N1CCNCC1C(=O)NC. The first kappa shape index (κ1) is 13.0. The molecular weight excluding hydrogens is 206 g/mol. The molecular formula is C11H21N3O2. The van der Waals surface area contributed by atoms with Crippen LogP contribution < -0.4 is 10.6 Å². The first-order valence-electron chi connectivity index (χ1n) is 5.92. The van der Waals surface area contributed by atoms with Crippen LogP contribution in [0.3, 0.4) is 0 Å². The smallest absolute Gasteiger partial charge is 0.243 e. The summed E-state index contributed by atoms with van der Waals surface area (Å²) in [6.07, 6.45) is 2.44. The monoisotopic (exact) mass is 227 g/mol. The van der Waals surface area contributed by atoms with E-state index in [-0.39, 0.29) is 17.9 Å². The van der Waals surface area contributed by atoms with Gasteiger partial charge in [-0.1, -0.05) is 13.3 Å². The van der Waals surface area contributed by atoms with Gasteiger partial charge in [-0.25, -0.2) is 0 Å². The minimum absolute atomic E-state index is 0.0861. The van der Waals surface area contributed by atoms with Crippen LogP contribution in [0.2, 0.25) is 0 Å². The van der Waals surface area contributed by atoms with Crippen LogP contribution in [0.15, 0.2) is 0 Å². The molecule has 1 fully saturated rings. The minimum atomic E-state index is -0.344. The molecule has 1 aliphatic heterocycles. The maximum Gasteiger partial charge on any atom is 0.243 e. The summed E-state index contributed by atoms with van der Waals surface area (Å²) < 4.78 is 0. The number of nitrogens with zero attached hydrogens (tertiary/aromatic N) is 1. The number of hydrogen-bond acceptors (Lipinski definition) is 3. The fraction of sp³-hybridized carbons (Fsp3) is 0.818. The van der Waals surface area contributed by atoms with Crippen LogP contribution in [0.1, 0.15) is 26.2 Å². The van der Waals surface area contributed by atoms with E-state index in [0.29, 0.717) is 19.5 Å². The summed E-state index contributed by atoms with van der Waals surface area (Å²) in [4.78, 5) is 25.2. The third-order valence-electron chi connectivity index (χ3n) is 2.86. The van der Waals surface area contributed by atoms with E-state index in [1.807, 2.05) is 0 Å². The predicted molar refractivity (Wildman–Crippen MR) is 62.0 cm³/mol. The third-order valence-corrected chi connectivity index (χ3v) is 2.86. The Kier molecular flexibility index (Phi) is 5.25. The topological polar surface area (TPSA) is 61.4 Å². The summed E-state index contributed by atoms with van der Waals surface area (Å²) in [5.41, 5.74) is 0. The molecule has 5 heteroatoms. The highest BCUT2D eigenvalue weighted by molar-refractivity contribution is 5.88. The van der Waals surface area contributed by atoms with Crippen molar-refractivity contribution in [2.75, 3.05) is 26.7 Å². The molecule has 0 aliphatic carbocycles. The molecule has 2 N–H and O–H groups in total. The molecule has 5 nitrogen and oxygen atoms in total. The van der Waals surface area contributed by atoms with Crippen molar-refractivity contribution in [3.63, 3.8) is 0 Å². The molecule has 1 atom stereocenters. The van der Waals surface area contributed by atoms with E-state index >= 15 is 0 Å². The van der Waals surface area contributed by atoms with Crippen molar-refractivity contribution < 1.29 is 9.59 Å². The van der Waals surface area contributed by atoms with Crippen LogP contribution in [0.5, 0.6) is 0 Å². The third kappa shape index (κ3) is 3.20. The van der Waals surface area contributed by atoms with Crippen molar-refractivity contribution in [1.82, 2.24) is 15.5 Å². The van der Waals surface area contributed by atoms with Gasteiger partial charge >= 0.3 is 0 Å². The van der Waals surface area contributed by atoms with Crippen molar-refractivity contribution in [2.24, 2.45) is 0 Å². The van der Waals surface area contributed by atoms with Crippen LogP contribution >= 0.6 is 0 Å². The number of rotatable bonds is 4. The van der Waals surface area contributed by atoms with Gasteiger partial charge in [0, 0.05) is 33.1 Å². The van der Waals surface area contributed by atoms with Gasteiger partial charge in [0.05, 0.1) is 0 Å². The minimum Gasteiger partial charge on any atom is -0.357 e. The maximum absolute atomic E-state index is 11.9. The average molecular weight is 227 g/mol. The second-order valence-corrected chi connectivity index (χ2v) is 4.02. The van der Waals surface area contributed by atoms with Gasteiger partial charge in [-0.15, -0.1) is 0 Å². The van der Waals surface area contributed by atoms with Gasteiger partial charge in [0.2, 0.25) is 11.8 Å². The van der Waals surface area contributed by atoms with Crippen molar-refractivity contribution in [3.05, 3.63) is 0 Å². The highest BCUT2D eigenvalue weighted by Crippen LogP contribution is 2.08. The molecule has 1 heterocycles. The standard InChI is InChI=1S/C11H21N3O2/c1-3-4-5-10(15)14-7-6-13-8-9(14)11(16)12-2/h9,13H,3-8H2,1-2H3,(H,12,16). The molecule has 1 rings (SSSR count). The Labute approximate surface area is 96.6 Å². The molecule has 0 radical (unpaired) electrons. The van der Waals surface area contributed by atoms with E-state index in [2.05, 4.69) is 17.6 Å². The van der Waals surface area contributed by atoms with Crippen molar-refractivity contribution in [2.45, 2.75) is 32.2 Å². The van der Waals surface area contributed by atoms with E-state index in [9.17, 15) is 9.59 Å². The fourth-order valence-electron chi connectivity index (χ4n) is 1.88. The van der Waals surface area contributed by atoms with Gasteiger partial charge < -0.3 is 15.5 Å². The van der Waals surface area contributed by atoms with Crippen LogP contribution in [0.25, 0.3) is 0 Å². The zero-order valence-corrected chi connectivity index (χ0v) is 10.1. The Bertz CT molecular complexity index is 256. The van der Waals surface area contributed by atoms with E-state index in [1.54, 1.807) is 11.9 Å². The van der Waals surface area contributed by atoms with Crippen molar-refractivity contribution >= 4 is 11.8 Å². The summed E-state index contributed by atoms with van der Waals surface area (Å²) in [5.74, 6) is 0.00833. The van der Waals surface area contributed by atoms with Crippen LogP contribution in [0, 0.1) is 0 Å². The summed E-state index contributed by atoms with van der Waals surface area (Å²) in [7, 11) is 1.60. The van der Waals surface area contributed by atoms with Crippen LogP contribution in [-0.4, -0.2) is 49.4 Å². The second-order valence-electron chi connectivity index (χ2n) is 4.02. The van der Waals surface area contributed by atoms with Gasteiger partial charge in [-0.3, -0.25) is 9.59 Å². The predicted octanol–water partition coefficient (Wildman–Crippen LogP) is -0.277. The largest absolute Gasteiger partial charge is 0.357 e. The average Bonchev–Trinajstić information content (AvgIpc) is 2.35. The zero-order chi connectivity index (χ0) is 12.0. The van der Waals surface area contributed by atoms with Gasteiger partial charge in [0.25, 0.3) is 0 Å². The van der Waals surface area contributed by atoms with Crippen molar-refractivity contribution in [1.29, 1.82) is 0 Å². The maximum atomic E-state index is 11.9. The molecule has 2 amide bonds. The van der Waals surface area contributed by atoms with E-state index in [0.717, 1.165) is 19.4 Å². The summed E-state index contributed by atoms with van der Waals surface area (Å²) in [5, 5.41) is 5.74. The Morgan fingerprint density at radius 2 is 2.25 bits per heavy atom. The van der Waals surface area contributed by atoms with E-state index < -0.39 is 0 Å². The Balaban J connectivity index is 2.59. The molecule has 1 saturated heterocycles. The number of hydrogen-bond donors (Lipinski definition) is 2. The van der Waals surface area contributed by atoms with Crippen LogP contribution in [0.4, 0.5) is 0 Å². The lowest BCUT2D eigenvalue weighted by Gasteiger charge is -2.35. The summed E-state index contributed by atoms with van der Waals surface area (Å²) in [6.45, 7) is 4.00. The van der Waals surface area contributed by atoms with Gasteiger partial charge in [0.15, 0.2) is 0 Å². The highest BCUT2D eigenvalue weighted by Gasteiger charge is 2.30. The lowest BCUT2D eigenvalue weighted by Crippen LogP contribution is -2.59. The molecule has 0 aromatic carbocycles. The molecule has 1 aliphatic rings. The van der Waals surface area contributed by atoms with Gasteiger partial charge in [-0.2, -0.15) is 0 Å². The quantitative estimate of drug-likeness (QED) is 0.694. The normalized spacial score (nSPS) is 20.6. The Hall–Kier alpha value is -1.10. The molecule has 1 unspecified atom stereocenters. The first-order valence-corrected chi connectivity index (χ1v) is 5.92. The molecule has 0 saturated carbocycles. The Morgan fingerprint density at radius 1 is 1.50 bits per heavy atom. The molecule has 0 aromatic heterocycles. The number of piperazine rings is 1. The first-order chi connectivity index (χ1) is 7.70. The Morgan fingerprint density at radius 3 is 2.88 bits per heavy atom. The fourth-order valence-corrected chi connectivity index (χ4v) is 1.88. The lowest BCUT2D eigenvalue weighted by atomic mass is 10.1. The summed E-state index contributed by atoms with van der Waals surface area (Å²) >= 11 is 0. The number of carbonyl (C=O) groups excluding carboxylic acids is 2. The number of nitrogens with one attached hydrogen (secondary N) is 2. The summed E-state index contributed by atoms with van der Waals surface area (Å²) in [6, 6.07) is -0.344. The lowest BCUT2D eigenvalue weighted by molar-refractivity contribution is -0.141. The molecule has 0 spiro atoms. The number of carbonyl (C=O) groups is 2. The van der Waals surface area contributed by atoms with E-state index in [4.69, 9.17) is 0 Å². The number of likely N-dealkylation sites (N-methyl/N-ethyl adjacent to an activating group) is 1. The number of unbranched alkanes of at least 4 members (excludes halogenated alkanes) is 1. The van der Waals surface area contributed by atoms with Gasteiger partial charge in [-0.05, 0) is 6.42 Å². The molecule has 16 heavy (non-hydrogen) atoms. The van der Waals surface area contributed by atoms with Crippen molar-refractivity contribution in [3.8, 4) is 0 Å². The molecule has 0 bridgehead atoms. The number of amides is 2.